The molecule has 1 unspecified atom stereocenters. The van der Waals surface area contributed by atoms with E-state index in [9.17, 15) is 14.4 Å². The Morgan fingerprint density at radius 3 is 2.65 bits per heavy atom. The molecular weight excluding hydrogens is 334 g/mol. The lowest BCUT2D eigenvalue weighted by Gasteiger charge is -2.32. The van der Waals surface area contributed by atoms with Gasteiger partial charge in [0, 0.05) is 7.05 Å². The molecule has 8 heteroatoms. The molecule has 1 saturated heterocycles. The van der Waals surface area contributed by atoms with Crippen molar-refractivity contribution < 1.29 is 19.0 Å². The Hall–Kier alpha value is -2.51. The summed E-state index contributed by atoms with van der Waals surface area (Å²) in [4.78, 5) is 43.8. The van der Waals surface area contributed by atoms with Crippen LogP contribution < -0.4 is 4.57 Å². The molecular formula is C18H26N5O3+. The zero-order valence-electron chi connectivity index (χ0n) is 15.9. The van der Waals surface area contributed by atoms with Crippen molar-refractivity contribution >= 4 is 29.5 Å². The molecule has 8 nitrogen and oxygen atoms in total. The highest BCUT2D eigenvalue weighted by molar-refractivity contribution is 6.19. The van der Waals surface area contributed by atoms with Crippen LogP contribution >= 0.6 is 0 Å². The number of hydrogen-bond acceptors (Lipinski definition) is 4. The van der Waals surface area contributed by atoms with Crippen LogP contribution in [0.3, 0.4) is 0 Å². The normalized spacial score (nSPS) is 18.9. The Labute approximate surface area is 153 Å². The summed E-state index contributed by atoms with van der Waals surface area (Å²) in [6, 6.07) is -1.18. The van der Waals surface area contributed by atoms with Crippen LogP contribution in [0.4, 0.5) is 10.7 Å². The first-order valence-corrected chi connectivity index (χ1v) is 9.15. The number of imidazole rings is 1. The molecule has 0 aliphatic carbocycles. The maximum absolute atomic E-state index is 12.9. The first-order chi connectivity index (χ1) is 12.4. The molecule has 0 aromatic carbocycles. The number of aliphatic imine (C=N–C) groups is 1. The van der Waals surface area contributed by atoms with Gasteiger partial charge in [0.05, 0.1) is 13.1 Å². The van der Waals surface area contributed by atoms with Crippen molar-refractivity contribution in [3.05, 3.63) is 11.9 Å². The summed E-state index contributed by atoms with van der Waals surface area (Å²) in [6.07, 6.45) is 6.48. The molecule has 3 amide bonds. The molecule has 1 aromatic heterocycles. The lowest BCUT2D eigenvalue weighted by Crippen LogP contribution is -2.63. The highest BCUT2D eigenvalue weighted by Crippen LogP contribution is 2.29. The largest absolute Gasteiger partial charge is 0.401 e. The van der Waals surface area contributed by atoms with Gasteiger partial charge in [-0.25, -0.2) is 13.9 Å². The van der Waals surface area contributed by atoms with Gasteiger partial charge < -0.3 is 0 Å². The minimum Gasteiger partial charge on any atom is -0.298 e. The Bertz CT molecular complexity index is 795. The number of aryl methyl sites for hydroxylation is 1. The summed E-state index contributed by atoms with van der Waals surface area (Å²) < 4.78 is 3.92. The number of nitrogens with zero attached hydrogens (tertiary/aromatic N) is 5. The topological polar surface area (TPSA) is 78.9 Å². The van der Waals surface area contributed by atoms with Gasteiger partial charge in [0.15, 0.2) is 0 Å². The molecule has 26 heavy (non-hydrogen) atoms. The molecule has 0 spiro atoms. The fourth-order valence-corrected chi connectivity index (χ4v) is 3.57. The Morgan fingerprint density at radius 1 is 1.27 bits per heavy atom. The van der Waals surface area contributed by atoms with Crippen molar-refractivity contribution in [2.24, 2.45) is 4.99 Å². The van der Waals surface area contributed by atoms with Crippen LogP contribution in [0.5, 0.6) is 0 Å². The molecule has 140 valence electrons. The van der Waals surface area contributed by atoms with Crippen molar-refractivity contribution in [1.29, 1.82) is 0 Å². The smallest absolute Gasteiger partial charge is 0.298 e. The fraction of sp³-hybridized carbons (Fsp3) is 0.611. The number of unbranched alkanes of at least 4 members (excludes halogenated alkanes) is 3. The van der Waals surface area contributed by atoms with Crippen LogP contribution in [0.25, 0.3) is 0 Å². The molecule has 0 N–H and O–H groups in total. The zero-order valence-corrected chi connectivity index (χ0v) is 15.9. The van der Waals surface area contributed by atoms with Gasteiger partial charge in [-0.1, -0.05) is 31.2 Å². The maximum Gasteiger partial charge on any atom is 0.401 e. The number of rotatable bonds is 7. The lowest BCUT2D eigenvalue weighted by atomic mass is 10.1. The molecule has 0 radical (unpaired) electrons. The van der Waals surface area contributed by atoms with Crippen LogP contribution in [0, 0.1) is 6.92 Å². The van der Waals surface area contributed by atoms with Crippen molar-refractivity contribution in [2.75, 3.05) is 13.6 Å². The Kier molecular flexibility index (Phi) is 4.93. The van der Waals surface area contributed by atoms with Crippen LogP contribution in [0.2, 0.25) is 0 Å². The number of carbonyl (C=O) groups is 3. The van der Waals surface area contributed by atoms with Crippen LogP contribution in [0.1, 0.15) is 51.3 Å². The van der Waals surface area contributed by atoms with E-state index in [1.54, 1.807) is 7.05 Å². The van der Waals surface area contributed by atoms with E-state index in [4.69, 9.17) is 0 Å². The summed E-state index contributed by atoms with van der Waals surface area (Å²) in [5, 5.41) is 0. The van der Waals surface area contributed by atoms with E-state index in [0.29, 0.717) is 11.8 Å². The van der Waals surface area contributed by atoms with E-state index in [-0.39, 0.29) is 12.3 Å². The van der Waals surface area contributed by atoms with Crippen molar-refractivity contribution in [2.45, 2.75) is 59.0 Å². The van der Waals surface area contributed by atoms with Gasteiger partial charge in [-0.15, -0.1) is 0 Å². The van der Waals surface area contributed by atoms with Gasteiger partial charge in [-0.3, -0.25) is 19.4 Å². The fourth-order valence-electron chi connectivity index (χ4n) is 3.57. The van der Waals surface area contributed by atoms with Gasteiger partial charge in [0.2, 0.25) is 11.9 Å². The third kappa shape index (κ3) is 2.93. The SMILES string of the molecule is CCCCCCn1c(C)c[n+]2c1N=C1C2C(=O)N(CC(C)=O)C(=O)N1C. The van der Waals surface area contributed by atoms with Crippen molar-refractivity contribution in [3.8, 4) is 0 Å². The Balaban J connectivity index is 1.92. The van der Waals surface area contributed by atoms with Crippen molar-refractivity contribution in [1.82, 2.24) is 14.4 Å². The molecule has 3 heterocycles. The molecule has 2 aliphatic rings. The number of hydrogen-bond donors (Lipinski definition) is 0. The zero-order chi connectivity index (χ0) is 19.0. The number of carbonyl (C=O) groups excluding carboxylic acids is 3. The van der Waals surface area contributed by atoms with Crippen LogP contribution in [-0.2, 0) is 16.1 Å². The van der Waals surface area contributed by atoms with Crippen molar-refractivity contribution in [3.63, 3.8) is 0 Å². The van der Waals surface area contributed by atoms with E-state index in [1.165, 1.54) is 24.7 Å². The van der Waals surface area contributed by atoms with E-state index in [2.05, 4.69) is 16.5 Å². The number of imide groups is 1. The summed E-state index contributed by atoms with van der Waals surface area (Å²) in [5.41, 5.74) is 1.03. The quantitative estimate of drug-likeness (QED) is 0.549. The number of amides is 3. The standard InChI is InChI=1S/C18H26N5O3/c1-5-6-7-8-9-21-12(2)10-22-14-15(19-17(21)22)20(4)18(26)23(16(14)25)11-13(3)24/h10,14H,5-9,11H2,1-4H3/q+1. The molecule has 1 fully saturated rings. The number of likely N-dealkylation sites (N-methyl/N-ethyl adjacent to an activating group) is 1. The summed E-state index contributed by atoms with van der Waals surface area (Å²) in [5.74, 6) is 0.496. The molecule has 3 rings (SSSR count). The highest BCUT2D eigenvalue weighted by atomic mass is 16.2. The van der Waals surface area contributed by atoms with Gasteiger partial charge in [0.25, 0.3) is 5.91 Å². The number of Topliss-reactive ketones (excluding diaryl/α,β-unsaturated/α-hetero) is 1. The van der Waals surface area contributed by atoms with Gasteiger partial charge in [-0.2, -0.15) is 0 Å². The summed E-state index contributed by atoms with van der Waals surface area (Å²) >= 11 is 0. The van der Waals surface area contributed by atoms with Gasteiger partial charge in [-0.05, 0) is 20.3 Å². The monoisotopic (exact) mass is 360 g/mol. The second kappa shape index (κ2) is 7.01. The van der Waals surface area contributed by atoms with E-state index < -0.39 is 18.0 Å². The average molecular weight is 360 g/mol. The predicted octanol–water partition coefficient (Wildman–Crippen LogP) is 1.73. The maximum atomic E-state index is 12.9. The summed E-state index contributed by atoms with van der Waals surface area (Å²) in [6.45, 7) is 6.17. The summed E-state index contributed by atoms with van der Waals surface area (Å²) in [7, 11) is 1.60. The first-order valence-electron chi connectivity index (χ1n) is 9.15. The van der Waals surface area contributed by atoms with Gasteiger partial charge >= 0.3 is 12.0 Å². The van der Waals surface area contributed by atoms with E-state index in [1.807, 2.05) is 17.7 Å². The van der Waals surface area contributed by atoms with Gasteiger partial charge in [0.1, 0.15) is 17.7 Å². The lowest BCUT2D eigenvalue weighted by molar-refractivity contribution is -0.677. The second-order valence-corrected chi connectivity index (χ2v) is 7.03. The molecule has 1 aromatic rings. The van der Waals surface area contributed by atoms with E-state index >= 15 is 0 Å². The number of ketones is 1. The highest BCUT2D eigenvalue weighted by Gasteiger charge is 2.53. The number of fused-ring (bicyclic) bond motifs is 3. The molecule has 0 saturated carbocycles. The number of aromatic nitrogens is 2. The molecule has 2 aliphatic heterocycles. The minimum absolute atomic E-state index is 0.210. The third-order valence-corrected chi connectivity index (χ3v) is 4.94. The van der Waals surface area contributed by atoms with Crippen LogP contribution in [-0.4, -0.2) is 51.5 Å². The van der Waals surface area contributed by atoms with E-state index in [0.717, 1.165) is 30.0 Å². The van der Waals surface area contributed by atoms with Crippen LogP contribution in [0.15, 0.2) is 11.2 Å². The minimum atomic E-state index is -0.678. The average Bonchev–Trinajstić information content (AvgIpc) is 3.09. The third-order valence-electron chi connectivity index (χ3n) is 4.94. The molecule has 0 bridgehead atoms. The Morgan fingerprint density at radius 2 is 2.00 bits per heavy atom. The first kappa shape index (κ1) is 18.3. The molecule has 1 atom stereocenters. The number of amidine groups is 1. The number of urea groups is 1. The predicted molar refractivity (Wildman–Crippen MR) is 95.2 cm³/mol. The second-order valence-electron chi connectivity index (χ2n) is 7.03.